The van der Waals surface area contributed by atoms with Crippen LogP contribution in [-0.4, -0.2) is 18.1 Å². The molecule has 0 fully saturated rings. The Bertz CT molecular complexity index is 623. The normalized spacial score (nSPS) is 10.3. The quantitative estimate of drug-likeness (QED) is 0.925. The third-order valence-electron chi connectivity index (χ3n) is 3.16. The molecule has 2 rings (SSSR count). The maximum Gasteiger partial charge on any atom is 0.339 e. The minimum atomic E-state index is -1.01. The number of carboxylic acid groups (broad SMARTS) is 1. The van der Waals surface area contributed by atoms with E-state index in [4.69, 9.17) is 11.6 Å². The van der Waals surface area contributed by atoms with E-state index in [0.717, 1.165) is 5.56 Å². The molecule has 0 aromatic heterocycles. The maximum absolute atomic E-state index is 11.3. The van der Waals surface area contributed by atoms with Gasteiger partial charge in [-0.05, 0) is 24.6 Å². The fraction of sp³-hybridized carbons (Fsp3) is 0.188. The standard InChI is InChI=1S/C16H16ClNO2/c1-11-6-8-12(9-7-11)10-18(2)14-5-3-4-13(17)15(14)16(19)20/h3-9H,10H2,1-2H3,(H,19,20). The van der Waals surface area contributed by atoms with Crippen molar-refractivity contribution in [3.63, 3.8) is 0 Å². The Kier molecular flexibility index (Phi) is 4.30. The van der Waals surface area contributed by atoms with Crippen LogP contribution in [0, 0.1) is 6.92 Å². The molecule has 0 radical (unpaired) electrons. The van der Waals surface area contributed by atoms with Gasteiger partial charge in [-0.15, -0.1) is 0 Å². The second-order valence-corrected chi connectivity index (χ2v) is 5.19. The zero-order valence-corrected chi connectivity index (χ0v) is 12.2. The Morgan fingerprint density at radius 1 is 1.20 bits per heavy atom. The van der Waals surface area contributed by atoms with Gasteiger partial charge in [-0.3, -0.25) is 0 Å². The van der Waals surface area contributed by atoms with E-state index in [0.29, 0.717) is 12.2 Å². The number of carbonyl (C=O) groups is 1. The first kappa shape index (κ1) is 14.4. The Hall–Kier alpha value is -2.00. The summed E-state index contributed by atoms with van der Waals surface area (Å²) in [6.45, 7) is 2.66. The summed E-state index contributed by atoms with van der Waals surface area (Å²) < 4.78 is 0. The van der Waals surface area contributed by atoms with Gasteiger partial charge in [-0.1, -0.05) is 47.5 Å². The predicted octanol–water partition coefficient (Wildman–Crippen LogP) is 3.98. The summed E-state index contributed by atoms with van der Waals surface area (Å²) in [4.78, 5) is 13.2. The average Bonchev–Trinajstić information content (AvgIpc) is 2.40. The Balaban J connectivity index is 2.29. The summed E-state index contributed by atoms with van der Waals surface area (Å²) in [6, 6.07) is 13.3. The molecule has 1 N–H and O–H groups in total. The Morgan fingerprint density at radius 2 is 1.85 bits per heavy atom. The molecule has 0 heterocycles. The minimum absolute atomic E-state index is 0.142. The fourth-order valence-electron chi connectivity index (χ4n) is 2.10. The number of anilines is 1. The molecule has 104 valence electrons. The van der Waals surface area contributed by atoms with E-state index in [9.17, 15) is 9.90 Å². The fourth-order valence-corrected chi connectivity index (χ4v) is 2.35. The van der Waals surface area contributed by atoms with E-state index in [1.807, 2.05) is 43.1 Å². The Labute approximate surface area is 123 Å². The molecular formula is C16H16ClNO2. The highest BCUT2D eigenvalue weighted by Crippen LogP contribution is 2.27. The molecule has 2 aromatic rings. The van der Waals surface area contributed by atoms with Crippen LogP contribution in [0.2, 0.25) is 5.02 Å². The molecule has 4 heteroatoms. The molecule has 0 atom stereocenters. The zero-order valence-electron chi connectivity index (χ0n) is 11.4. The van der Waals surface area contributed by atoms with E-state index in [2.05, 4.69) is 0 Å². The highest BCUT2D eigenvalue weighted by atomic mass is 35.5. The largest absolute Gasteiger partial charge is 0.478 e. The van der Waals surface area contributed by atoms with Crippen molar-refractivity contribution >= 4 is 23.3 Å². The van der Waals surface area contributed by atoms with E-state index < -0.39 is 5.97 Å². The van der Waals surface area contributed by atoms with Gasteiger partial charge >= 0.3 is 5.97 Å². The molecule has 20 heavy (non-hydrogen) atoms. The number of aromatic carboxylic acids is 1. The summed E-state index contributed by atoms with van der Waals surface area (Å²) in [5, 5.41) is 9.54. The number of aryl methyl sites for hydroxylation is 1. The molecule has 0 aliphatic carbocycles. The molecule has 0 aliphatic rings. The molecule has 0 unspecified atom stereocenters. The first-order chi connectivity index (χ1) is 9.49. The van der Waals surface area contributed by atoms with Crippen LogP contribution < -0.4 is 4.90 Å². The van der Waals surface area contributed by atoms with E-state index >= 15 is 0 Å². The lowest BCUT2D eigenvalue weighted by Gasteiger charge is -2.22. The third-order valence-corrected chi connectivity index (χ3v) is 3.47. The van der Waals surface area contributed by atoms with Crippen LogP contribution in [0.5, 0.6) is 0 Å². The van der Waals surface area contributed by atoms with Crippen molar-refractivity contribution in [3.05, 3.63) is 64.2 Å². The number of nitrogens with zero attached hydrogens (tertiary/aromatic N) is 1. The zero-order chi connectivity index (χ0) is 14.7. The van der Waals surface area contributed by atoms with Crippen LogP contribution in [0.25, 0.3) is 0 Å². The van der Waals surface area contributed by atoms with Crippen LogP contribution in [0.4, 0.5) is 5.69 Å². The van der Waals surface area contributed by atoms with Crippen molar-refractivity contribution in [2.45, 2.75) is 13.5 Å². The van der Waals surface area contributed by atoms with Gasteiger partial charge in [0.05, 0.1) is 10.7 Å². The summed E-state index contributed by atoms with van der Waals surface area (Å²) in [5.41, 5.74) is 3.08. The topological polar surface area (TPSA) is 40.5 Å². The Morgan fingerprint density at radius 3 is 2.45 bits per heavy atom. The average molecular weight is 290 g/mol. The van der Waals surface area contributed by atoms with Crippen molar-refractivity contribution in [1.29, 1.82) is 0 Å². The van der Waals surface area contributed by atoms with Crippen LogP contribution >= 0.6 is 11.6 Å². The molecule has 0 amide bonds. The second-order valence-electron chi connectivity index (χ2n) is 4.78. The molecular weight excluding hydrogens is 274 g/mol. The second kappa shape index (κ2) is 5.97. The van der Waals surface area contributed by atoms with Crippen LogP contribution in [0.15, 0.2) is 42.5 Å². The lowest BCUT2D eigenvalue weighted by atomic mass is 10.1. The van der Waals surface area contributed by atoms with Crippen molar-refractivity contribution in [2.75, 3.05) is 11.9 Å². The number of benzene rings is 2. The van der Waals surface area contributed by atoms with Gasteiger partial charge in [0.25, 0.3) is 0 Å². The van der Waals surface area contributed by atoms with Crippen molar-refractivity contribution in [1.82, 2.24) is 0 Å². The number of hydrogen-bond acceptors (Lipinski definition) is 2. The van der Waals surface area contributed by atoms with Gasteiger partial charge in [0.1, 0.15) is 5.56 Å². The molecule has 0 spiro atoms. The summed E-state index contributed by atoms with van der Waals surface area (Å²) in [6.07, 6.45) is 0. The SMILES string of the molecule is Cc1ccc(CN(C)c2cccc(Cl)c2C(=O)O)cc1. The monoisotopic (exact) mass is 289 g/mol. The highest BCUT2D eigenvalue weighted by Gasteiger charge is 2.17. The number of hydrogen-bond donors (Lipinski definition) is 1. The lowest BCUT2D eigenvalue weighted by Crippen LogP contribution is -2.19. The lowest BCUT2D eigenvalue weighted by molar-refractivity contribution is 0.0697. The molecule has 3 nitrogen and oxygen atoms in total. The summed E-state index contributed by atoms with van der Waals surface area (Å²) in [5.74, 6) is -1.01. The van der Waals surface area contributed by atoms with E-state index in [1.54, 1.807) is 18.2 Å². The first-order valence-electron chi connectivity index (χ1n) is 6.27. The molecule has 2 aromatic carbocycles. The summed E-state index contributed by atoms with van der Waals surface area (Å²) in [7, 11) is 1.86. The summed E-state index contributed by atoms with van der Waals surface area (Å²) >= 11 is 5.98. The van der Waals surface area contributed by atoms with E-state index in [1.165, 1.54) is 5.56 Å². The van der Waals surface area contributed by atoms with E-state index in [-0.39, 0.29) is 10.6 Å². The third kappa shape index (κ3) is 3.11. The predicted molar refractivity (Wildman–Crippen MR) is 81.7 cm³/mol. The van der Waals surface area contributed by atoms with Gasteiger partial charge in [0, 0.05) is 13.6 Å². The molecule has 0 saturated carbocycles. The number of carboxylic acids is 1. The van der Waals surface area contributed by atoms with Crippen molar-refractivity contribution in [2.24, 2.45) is 0 Å². The first-order valence-corrected chi connectivity index (χ1v) is 6.65. The van der Waals surface area contributed by atoms with Gasteiger partial charge in [0.2, 0.25) is 0 Å². The maximum atomic E-state index is 11.3. The minimum Gasteiger partial charge on any atom is -0.478 e. The van der Waals surface area contributed by atoms with Gasteiger partial charge in [-0.25, -0.2) is 4.79 Å². The number of halogens is 1. The van der Waals surface area contributed by atoms with Gasteiger partial charge < -0.3 is 10.0 Å². The van der Waals surface area contributed by atoms with Crippen molar-refractivity contribution < 1.29 is 9.90 Å². The molecule has 0 bridgehead atoms. The smallest absolute Gasteiger partial charge is 0.339 e. The number of rotatable bonds is 4. The van der Waals surface area contributed by atoms with Crippen LogP contribution in [0.3, 0.4) is 0 Å². The molecule has 0 aliphatic heterocycles. The van der Waals surface area contributed by atoms with Crippen molar-refractivity contribution in [3.8, 4) is 0 Å². The van der Waals surface area contributed by atoms with Gasteiger partial charge in [-0.2, -0.15) is 0 Å². The van der Waals surface area contributed by atoms with Gasteiger partial charge in [0.15, 0.2) is 0 Å². The highest BCUT2D eigenvalue weighted by molar-refractivity contribution is 6.34. The molecule has 0 saturated heterocycles. The van der Waals surface area contributed by atoms with Crippen LogP contribution in [0.1, 0.15) is 21.5 Å². The van der Waals surface area contributed by atoms with Crippen LogP contribution in [-0.2, 0) is 6.54 Å².